The zero-order chi connectivity index (χ0) is 18.4. The van der Waals surface area contributed by atoms with E-state index in [1.807, 2.05) is 43.3 Å². The third-order valence-corrected chi connectivity index (χ3v) is 5.40. The van der Waals surface area contributed by atoms with E-state index in [0.29, 0.717) is 5.56 Å². The highest BCUT2D eigenvalue weighted by atomic mass is 32.2. The first-order chi connectivity index (χ1) is 11.8. The van der Waals surface area contributed by atoms with Gasteiger partial charge in [-0.25, -0.2) is 8.42 Å². The fourth-order valence-electron chi connectivity index (χ4n) is 2.51. The minimum Gasteiger partial charge on any atom is -0.465 e. The Morgan fingerprint density at radius 2 is 1.80 bits per heavy atom. The van der Waals surface area contributed by atoms with Gasteiger partial charge in [-0.2, -0.15) is 4.72 Å². The summed E-state index contributed by atoms with van der Waals surface area (Å²) in [6.07, 6.45) is 0.226. The lowest BCUT2D eigenvalue weighted by molar-refractivity contribution is -0.145. The Bertz CT molecular complexity index is 832. The molecule has 0 radical (unpaired) electrons. The lowest BCUT2D eigenvalue weighted by Crippen LogP contribution is -2.43. The maximum Gasteiger partial charge on any atom is 0.324 e. The molecule has 0 spiro atoms. The minimum atomic E-state index is -3.85. The van der Waals surface area contributed by atoms with Gasteiger partial charge in [0.1, 0.15) is 6.04 Å². The van der Waals surface area contributed by atoms with Crippen LogP contribution in [-0.4, -0.2) is 27.0 Å². The van der Waals surface area contributed by atoms with Crippen LogP contribution in [0.5, 0.6) is 0 Å². The highest BCUT2D eigenvalue weighted by molar-refractivity contribution is 7.89. The van der Waals surface area contributed by atoms with Crippen LogP contribution >= 0.6 is 0 Å². The molecule has 1 N–H and O–H groups in total. The number of carbonyl (C=O) groups excluding carboxylic acids is 1. The smallest absolute Gasteiger partial charge is 0.324 e. The van der Waals surface area contributed by atoms with Gasteiger partial charge in [-0.15, -0.1) is 0 Å². The van der Waals surface area contributed by atoms with Crippen LogP contribution in [0.1, 0.15) is 23.6 Å². The zero-order valence-electron chi connectivity index (χ0n) is 14.7. The van der Waals surface area contributed by atoms with E-state index in [2.05, 4.69) is 4.72 Å². The quantitative estimate of drug-likeness (QED) is 0.770. The molecule has 134 valence electrons. The fraction of sp³-hybridized carbons (Fsp3) is 0.316. The van der Waals surface area contributed by atoms with Gasteiger partial charge < -0.3 is 4.74 Å². The Hall–Kier alpha value is -2.18. The Balaban J connectivity index is 2.31. The number of nitrogens with one attached hydrogen (secondary N) is 1. The van der Waals surface area contributed by atoms with E-state index in [4.69, 9.17) is 4.74 Å². The van der Waals surface area contributed by atoms with Crippen molar-refractivity contribution in [3.8, 4) is 0 Å². The molecule has 5 nitrogen and oxygen atoms in total. The maximum atomic E-state index is 12.8. The second kappa shape index (κ2) is 8.27. The molecule has 0 saturated heterocycles. The van der Waals surface area contributed by atoms with Crippen LogP contribution in [0.15, 0.2) is 53.4 Å². The molecular weight excluding hydrogens is 338 g/mol. The van der Waals surface area contributed by atoms with Gasteiger partial charge in [0.05, 0.1) is 11.5 Å². The summed E-state index contributed by atoms with van der Waals surface area (Å²) in [5.41, 5.74) is 2.31. The Morgan fingerprint density at radius 1 is 1.12 bits per heavy atom. The second-order valence-electron chi connectivity index (χ2n) is 5.88. The van der Waals surface area contributed by atoms with Gasteiger partial charge in [0, 0.05) is 0 Å². The minimum absolute atomic E-state index is 0.176. The average molecular weight is 361 g/mol. The monoisotopic (exact) mass is 361 g/mol. The normalized spacial score (nSPS) is 12.6. The summed E-state index contributed by atoms with van der Waals surface area (Å²) in [5, 5.41) is 0. The number of rotatable bonds is 7. The first kappa shape index (κ1) is 19.1. The van der Waals surface area contributed by atoms with Gasteiger partial charge in [-0.3, -0.25) is 4.79 Å². The molecule has 0 fully saturated rings. The van der Waals surface area contributed by atoms with E-state index < -0.39 is 22.0 Å². The molecule has 0 aliphatic carbocycles. The zero-order valence-corrected chi connectivity index (χ0v) is 15.5. The van der Waals surface area contributed by atoms with Gasteiger partial charge in [0.2, 0.25) is 10.0 Å². The largest absolute Gasteiger partial charge is 0.465 e. The van der Waals surface area contributed by atoms with E-state index in [0.717, 1.165) is 11.1 Å². The molecule has 25 heavy (non-hydrogen) atoms. The molecule has 0 aliphatic rings. The number of ether oxygens (including phenoxy) is 1. The van der Waals surface area contributed by atoms with Gasteiger partial charge in [-0.1, -0.05) is 42.5 Å². The third-order valence-electron chi connectivity index (χ3n) is 3.78. The number of hydrogen-bond acceptors (Lipinski definition) is 4. The highest BCUT2D eigenvalue weighted by Gasteiger charge is 2.28. The standard InChI is InChI=1S/C19H23NO4S/c1-4-24-19(21)17(13-16-8-6-5-7-9-16)20-25(22,23)18-12-14(2)10-11-15(18)3/h5-12,17,20H,4,13H2,1-3H3/t17-/m0/s1. The number of sulfonamides is 1. The van der Waals surface area contributed by atoms with Crippen molar-refractivity contribution in [3.63, 3.8) is 0 Å². The Labute approximate surface area is 149 Å². The van der Waals surface area contributed by atoms with Gasteiger partial charge in [-0.05, 0) is 49.9 Å². The van der Waals surface area contributed by atoms with Crippen LogP contribution in [0.25, 0.3) is 0 Å². The SMILES string of the molecule is CCOC(=O)[C@H](Cc1ccccc1)NS(=O)(=O)c1cc(C)ccc1C. The topological polar surface area (TPSA) is 72.5 Å². The molecule has 2 aromatic rings. The van der Waals surface area contributed by atoms with Crippen molar-refractivity contribution in [3.05, 3.63) is 65.2 Å². The van der Waals surface area contributed by atoms with Crippen molar-refractivity contribution in [2.45, 2.75) is 38.1 Å². The molecule has 2 aromatic carbocycles. The van der Waals surface area contributed by atoms with Crippen LogP contribution in [0.4, 0.5) is 0 Å². The molecule has 0 saturated carbocycles. The van der Waals surface area contributed by atoms with Gasteiger partial charge in [0.25, 0.3) is 0 Å². The molecule has 0 aliphatic heterocycles. The lowest BCUT2D eigenvalue weighted by Gasteiger charge is -2.18. The number of aryl methyl sites for hydroxylation is 2. The average Bonchev–Trinajstić information content (AvgIpc) is 2.57. The van der Waals surface area contributed by atoms with Gasteiger partial charge >= 0.3 is 5.97 Å². The van der Waals surface area contributed by atoms with Crippen LogP contribution in [0, 0.1) is 13.8 Å². The van der Waals surface area contributed by atoms with E-state index in [1.54, 1.807) is 26.0 Å². The Morgan fingerprint density at radius 3 is 2.44 bits per heavy atom. The van der Waals surface area contributed by atoms with Crippen molar-refractivity contribution in [1.29, 1.82) is 0 Å². The summed E-state index contributed by atoms with van der Waals surface area (Å²) >= 11 is 0. The molecular formula is C19H23NO4S. The van der Waals surface area contributed by atoms with Crippen molar-refractivity contribution < 1.29 is 17.9 Å². The summed E-state index contributed by atoms with van der Waals surface area (Å²) in [4.78, 5) is 12.4. The van der Waals surface area contributed by atoms with Crippen molar-refractivity contribution in [1.82, 2.24) is 4.72 Å². The van der Waals surface area contributed by atoms with Gasteiger partial charge in [0.15, 0.2) is 0 Å². The van der Waals surface area contributed by atoms with E-state index in [-0.39, 0.29) is 17.9 Å². The summed E-state index contributed by atoms with van der Waals surface area (Å²) in [5.74, 6) is -0.583. The number of benzene rings is 2. The van der Waals surface area contributed by atoms with E-state index in [9.17, 15) is 13.2 Å². The molecule has 0 unspecified atom stereocenters. The van der Waals surface area contributed by atoms with Crippen molar-refractivity contribution >= 4 is 16.0 Å². The first-order valence-electron chi connectivity index (χ1n) is 8.13. The predicted molar refractivity (Wildman–Crippen MR) is 96.8 cm³/mol. The molecule has 6 heteroatoms. The van der Waals surface area contributed by atoms with E-state index in [1.165, 1.54) is 0 Å². The van der Waals surface area contributed by atoms with Crippen molar-refractivity contribution in [2.24, 2.45) is 0 Å². The van der Waals surface area contributed by atoms with Crippen LogP contribution < -0.4 is 4.72 Å². The second-order valence-corrected chi connectivity index (χ2v) is 7.57. The van der Waals surface area contributed by atoms with Crippen LogP contribution in [0.3, 0.4) is 0 Å². The highest BCUT2D eigenvalue weighted by Crippen LogP contribution is 2.18. The molecule has 1 atom stereocenters. The third kappa shape index (κ3) is 5.14. The molecule has 0 amide bonds. The first-order valence-corrected chi connectivity index (χ1v) is 9.62. The van der Waals surface area contributed by atoms with E-state index >= 15 is 0 Å². The van der Waals surface area contributed by atoms with Crippen molar-refractivity contribution in [2.75, 3.05) is 6.61 Å². The maximum absolute atomic E-state index is 12.8. The summed E-state index contributed by atoms with van der Waals surface area (Å²) in [7, 11) is -3.85. The lowest BCUT2D eigenvalue weighted by atomic mass is 10.1. The van der Waals surface area contributed by atoms with Crippen LogP contribution in [-0.2, 0) is 26.0 Å². The molecule has 0 bridgehead atoms. The summed E-state index contributed by atoms with van der Waals surface area (Å²) in [6.45, 7) is 5.43. The summed E-state index contributed by atoms with van der Waals surface area (Å²) < 4.78 is 33.1. The Kier molecular flexibility index (Phi) is 6.33. The number of hydrogen-bond donors (Lipinski definition) is 1. The van der Waals surface area contributed by atoms with Crippen LogP contribution in [0.2, 0.25) is 0 Å². The molecule has 0 heterocycles. The predicted octanol–water partition coefficient (Wildman–Crippen LogP) is 2.76. The molecule has 2 rings (SSSR count). The number of carbonyl (C=O) groups is 1. The fourth-order valence-corrected chi connectivity index (χ4v) is 4.03. The summed E-state index contributed by atoms with van der Waals surface area (Å²) in [6, 6.07) is 13.5. The number of esters is 1. The molecule has 0 aromatic heterocycles.